The molecule has 0 aliphatic carbocycles. The van der Waals surface area contributed by atoms with Crippen LogP contribution in [-0.2, 0) is 0 Å². The predicted octanol–water partition coefficient (Wildman–Crippen LogP) is 0.615. The highest BCUT2D eigenvalue weighted by Gasteiger charge is 2.19. The van der Waals surface area contributed by atoms with Crippen molar-refractivity contribution in [3.63, 3.8) is 0 Å². The number of amides is 1. The van der Waals surface area contributed by atoms with Crippen LogP contribution in [0.5, 0.6) is 0 Å². The topological polar surface area (TPSA) is 97.6 Å². The van der Waals surface area contributed by atoms with Crippen LogP contribution in [0.4, 0.5) is 5.13 Å². The number of aromatic nitrogens is 5. The molecule has 3 rings (SSSR count). The SMILES string of the molecule is Cc1nnc(NC(=O)c2cn(C3CCNCC3)nn2)s1. The molecular weight excluding hydrogens is 278 g/mol. The van der Waals surface area contributed by atoms with Gasteiger partial charge in [0.1, 0.15) is 5.01 Å². The molecule has 9 heteroatoms. The van der Waals surface area contributed by atoms with E-state index in [9.17, 15) is 4.79 Å². The van der Waals surface area contributed by atoms with Gasteiger partial charge in [-0.3, -0.25) is 10.1 Å². The first kappa shape index (κ1) is 13.1. The molecule has 0 spiro atoms. The zero-order valence-corrected chi connectivity index (χ0v) is 11.9. The molecule has 2 aromatic rings. The predicted molar refractivity (Wildman–Crippen MR) is 73.8 cm³/mol. The van der Waals surface area contributed by atoms with Gasteiger partial charge < -0.3 is 5.32 Å². The number of carbonyl (C=O) groups excluding carboxylic acids is 1. The molecule has 2 N–H and O–H groups in total. The van der Waals surface area contributed by atoms with Crippen LogP contribution in [-0.4, -0.2) is 44.2 Å². The second kappa shape index (κ2) is 5.63. The molecule has 1 aliphatic heterocycles. The highest BCUT2D eigenvalue weighted by atomic mass is 32.1. The van der Waals surface area contributed by atoms with Gasteiger partial charge in [0.15, 0.2) is 5.69 Å². The van der Waals surface area contributed by atoms with Crippen molar-refractivity contribution >= 4 is 22.4 Å². The molecule has 0 radical (unpaired) electrons. The molecule has 2 aromatic heterocycles. The van der Waals surface area contributed by atoms with Crippen molar-refractivity contribution < 1.29 is 4.79 Å². The van der Waals surface area contributed by atoms with Crippen LogP contribution in [0.1, 0.15) is 34.4 Å². The molecule has 20 heavy (non-hydrogen) atoms. The van der Waals surface area contributed by atoms with Crippen molar-refractivity contribution in [3.05, 3.63) is 16.9 Å². The quantitative estimate of drug-likeness (QED) is 0.860. The third-order valence-corrected chi connectivity index (χ3v) is 3.93. The summed E-state index contributed by atoms with van der Waals surface area (Å²) < 4.78 is 1.78. The van der Waals surface area contributed by atoms with E-state index < -0.39 is 0 Å². The zero-order chi connectivity index (χ0) is 13.9. The molecule has 0 bridgehead atoms. The number of nitrogens with one attached hydrogen (secondary N) is 2. The van der Waals surface area contributed by atoms with Crippen LogP contribution in [0.2, 0.25) is 0 Å². The number of piperidine rings is 1. The Morgan fingerprint density at radius 1 is 1.40 bits per heavy atom. The third-order valence-electron chi connectivity index (χ3n) is 3.17. The minimum absolute atomic E-state index is 0.302. The van der Waals surface area contributed by atoms with Gasteiger partial charge in [-0.15, -0.1) is 15.3 Å². The molecule has 3 heterocycles. The van der Waals surface area contributed by atoms with Gasteiger partial charge in [0.05, 0.1) is 12.2 Å². The molecule has 0 unspecified atom stereocenters. The molecule has 106 valence electrons. The molecule has 0 aromatic carbocycles. The van der Waals surface area contributed by atoms with E-state index in [1.54, 1.807) is 10.9 Å². The van der Waals surface area contributed by atoms with Crippen molar-refractivity contribution in [1.82, 2.24) is 30.5 Å². The number of rotatable bonds is 3. The average molecular weight is 293 g/mol. The number of anilines is 1. The molecule has 0 saturated carbocycles. The smallest absolute Gasteiger partial charge is 0.279 e. The van der Waals surface area contributed by atoms with Crippen LogP contribution >= 0.6 is 11.3 Å². The van der Waals surface area contributed by atoms with Crippen molar-refractivity contribution in [2.75, 3.05) is 18.4 Å². The van der Waals surface area contributed by atoms with Gasteiger partial charge in [-0.25, -0.2) is 4.68 Å². The minimum Gasteiger partial charge on any atom is -0.317 e. The Morgan fingerprint density at radius 2 is 2.20 bits per heavy atom. The lowest BCUT2D eigenvalue weighted by atomic mass is 10.1. The fourth-order valence-corrected chi connectivity index (χ4v) is 2.73. The van der Waals surface area contributed by atoms with Crippen molar-refractivity contribution in [2.45, 2.75) is 25.8 Å². The summed E-state index contributed by atoms with van der Waals surface area (Å²) in [5.41, 5.74) is 0.302. The van der Waals surface area contributed by atoms with Crippen LogP contribution in [0.25, 0.3) is 0 Å². The van der Waals surface area contributed by atoms with E-state index in [-0.39, 0.29) is 5.91 Å². The maximum absolute atomic E-state index is 12.0. The first-order chi connectivity index (χ1) is 9.72. The van der Waals surface area contributed by atoms with Gasteiger partial charge in [0.2, 0.25) is 5.13 Å². The van der Waals surface area contributed by atoms with E-state index in [0.717, 1.165) is 30.9 Å². The van der Waals surface area contributed by atoms with Crippen molar-refractivity contribution in [2.24, 2.45) is 0 Å². The lowest BCUT2D eigenvalue weighted by molar-refractivity contribution is 0.102. The lowest BCUT2D eigenvalue weighted by Gasteiger charge is -2.21. The Morgan fingerprint density at radius 3 is 2.90 bits per heavy atom. The van der Waals surface area contributed by atoms with Crippen LogP contribution in [0, 0.1) is 6.92 Å². The maximum Gasteiger partial charge on any atom is 0.279 e. The maximum atomic E-state index is 12.0. The number of nitrogens with zero attached hydrogens (tertiary/aromatic N) is 5. The fourth-order valence-electron chi connectivity index (χ4n) is 2.14. The Bertz CT molecular complexity index is 601. The standard InChI is InChI=1S/C11H15N7OS/c1-7-14-16-11(20-7)13-10(19)9-6-18(17-15-9)8-2-4-12-5-3-8/h6,8,12H,2-5H2,1H3,(H,13,16,19). The van der Waals surface area contributed by atoms with Gasteiger partial charge in [0.25, 0.3) is 5.91 Å². The summed E-state index contributed by atoms with van der Waals surface area (Å²) in [5, 5.41) is 22.9. The molecule has 1 amide bonds. The molecule has 8 nitrogen and oxygen atoms in total. The zero-order valence-electron chi connectivity index (χ0n) is 11.0. The lowest BCUT2D eigenvalue weighted by Crippen LogP contribution is -2.29. The summed E-state index contributed by atoms with van der Waals surface area (Å²) in [4.78, 5) is 12.0. The van der Waals surface area contributed by atoms with E-state index in [1.165, 1.54) is 11.3 Å². The monoisotopic (exact) mass is 293 g/mol. The number of aryl methyl sites for hydroxylation is 1. The van der Waals surface area contributed by atoms with E-state index in [1.807, 2.05) is 6.92 Å². The number of hydrogen-bond donors (Lipinski definition) is 2. The normalized spacial score (nSPS) is 16.2. The van der Waals surface area contributed by atoms with Crippen molar-refractivity contribution in [1.29, 1.82) is 0 Å². The third kappa shape index (κ3) is 2.83. The first-order valence-electron chi connectivity index (χ1n) is 6.46. The van der Waals surface area contributed by atoms with Gasteiger partial charge in [-0.05, 0) is 32.9 Å². The van der Waals surface area contributed by atoms with Crippen LogP contribution in [0.3, 0.4) is 0 Å². The van der Waals surface area contributed by atoms with E-state index in [4.69, 9.17) is 0 Å². The van der Waals surface area contributed by atoms with Gasteiger partial charge in [0, 0.05) is 0 Å². The highest BCUT2D eigenvalue weighted by molar-refractivity contribution is 7.15. The van der Waals surface area contributed by atoms with Crippen molar-refractivity contribution in [3.8, 4) is 0 Å². The van der Waals surface area contributed by atoms with Gasteiger partial charge in [-0.1, -0.05) is 16.6 Å². The Labute approximate surface area is 119 Å². The molecule has 0 atom stereocenters. The average Bonchev–Trinajstić information content (AvgIpc) is 3.09. The second-order valence-electron chi connectivity index (χ2n) is 4.65. The summed E-state index contributed by atoms with van der Waals surface area (Å²) in [6, 6.07) is 0.314. The van der Waals surface area contributed by atoms with Crippen LogP contribution < -0.4 is 10.6 Å². The number of carbonyl (C=O) groups is 1. The Balaban J connectivity index is 1.67. The molecule has 1 fully saturated rings. The Hall–Kier alpha value is -1.87. The van der Waals surface area contributed by atoms with Gasteiger partial charge >= 0.3 is 0 Å². The van der Waals surface area contributed by atoms with E-state index in [2.05, 4.69) is 31.1 Å². The molecule has 1 saturated heterocycles. The first-order valence-corrected chi connectivity index (χ1v) is 7.28. The fraction of sp³-hybridized carbons (Fsp3) is 0.545. The number of hydrogen-bond acceptors (Lipinski definition) is 7. The highest BCUT2D eigenvalue weighted by Crippen LogP contribution is 2.18. The van der Waals surface area contributed by atoms with Crippen LogP contribution in [0.15, 0.2) is 6.20 Å². The molecular formula is C11H15N7OS. The second-order valence-corrected chi connectivity index (χ2v) is 5.83. The summed E-state index contributed by atoms with van der Waals surface area (Å²) >= 11 is 1.33. The Kier molecular flexibility index (Phi) is 3.70. The summed E-state index contributed by atoms with van der Waals surface area (Å²) in [7, 11) is 0. The van der Waals surface area contributed by atoms with E-state index >= 15 is 0 Å². The summed E-state index contributed by atoms with van der Waals surface area (Å²) in [6.07, 6.45) is 3.69. The molecule has 1 aliphatic rings. The van der Waals surface area contributed by atoms with Gasteiger partial charge in [-0.2, -0.15) is 0 Å². The van der Waals surface area contributed by atoms with E-state index in [0.29, 0.717) is 16.9 Å². The summed E-state index contributed by atoms with van der Waals surface area (Å²) in [6.45, 7) is 3.77. The minimum atomic E-state index is -0.304. The summed E-state index contributed by atoms with van der Waals surface area (Å²) in [5.74, 6) is -0.304. The largest absolute Gasteiger partial charge is 0.317 e.